The average Bonchev–Trinajstić information content (AvgIpc) is 3.76. The first-order valence-electron chi connectivity index (χ1n) is 14.1. The lowest BCUT2D eigenvalue weighted by molar-refractivity contribution is -0.134. The topological polar surface area (TPSA) is 104 Å². The summed E-state index contributed by atoms with van der Waals surface area (Å²) in [4.78, 5) is 47.9. The van der Waals surface area contributed by atoms with Crippen molar-refractivity contribution in [1.82, 2.24) is 20.5 Å². The van der Waals surface area contributed by atoms with Crippen molar-refractivity contribution in [2.75, 3.05) is 18.0 Å². The smallest absolute Gasteiger partial charge is 0.327 e. The van der Waals surface area contributed by atoms with Gasteiger partial charge < -0.3 is 20.3 Å². The number of carbonyl (C=O) groups excluding carboxylic acids is 3. The summed E-state index contributed by atoms with van der Waals surface area (Å²) in [7, 11) is 0. The highest BCUT2D eigenvalue weighted by atomic mass is 32.2. The van der Waals surface area contributed by atoms with Gasteiger partial charge in [-0.2, -0.15) is 0 Å². The first kappa shape index (κ1) is 25.9. The number of anilines is 2. The van der Waals surface area contributed by atoms with Crippen molar-refractivity contribution < 1.29 is 19.1 Å². The van der Waals surface area contributed by atoms with E-state index < -0.39 is 11.3 Å². The lowest BCUT2D eigenvalue weighted by atomic mass is 9.98. The molecule has 3 atom stereocenters. The Labute approximate surface area is 242 Å². The van der Waals surface area contributed by atoms with E-state index in [9.17, 15) is 14.4 Å². The summed E-state index contributed by atoms with van der Waals surface area (Å²) < 4.78 is 5.98. The first-order chi connectivity index (χ1) is 20.0. The molecule has 3 aliphatic heterocycles. The number of nitrogens with one attached hydrogen (secondary N) is 2. The highest BCUT2D eigenvalue weighted by molar-refractivity contribution is 8.01. The number of pyridine rings is 1. The van der Waals surface area contributed by atoms with E-state index in [1.807, 2.05) is 66.4 Å². The number of benzene rings is 2. The molecular formula is C31H31N5O4S. The van der Waals surface area contributed by atoms with Crippen molar-refractivity contribution in [3.8, 4) is 11.5 Å². The van der Waals surface area contributed by atoms with Crippen molar-refractivity contribution in [3.63, 3.8) is 0 Å². The fourth-order valence-corrected chi connectivity index (χ4v) is 7.23. The molecule has 0 spiro atoms. The van der Waals surface area contributed by atoms with Gasteiger partial charge in [-0.25, -0.2) is 9.78 Å². The molecule has 4 aliphatic rings. The number of rotatable bonds is 6. The second kappa shape index (κ2) is 10.4. The largest absolute Gasteiger partial charge is 0.457 e. The van der Waals surface area contributed by atoms with Crippen molar-refractivity contribution in [2.45, 2.75) is 55.0 Å². The van der Waals surface area contributed by atoms with E-state index in [0.29, 0.717) is 12.3 Å². The summed E-state index contributed by atoms with van der Waals surface area (Å²) in [5.41, 5.74) is 3.19. The van der Waals surface area contributed by atoms with E-state index in [0.717, 1.165) is 65.5 Å². The van der Waals surface area contributed by atoms with Gasteiger partial charge in [0, 0.05) is 36.8 Å². The maximum atomic E-state index is 13.6. The number of aromatic nitrogens is 1. The monoisotopic (exact) mass is 569 g/mol. The molecule has 0 bridgehead atoms. The number of aryl methyl sites for hydroxylation is 1. The molecule has 4 heterocycles. The fourth-order valence-electron chi connectivity index (χ4n) is 6.00. The maximum Gasteiger partial charge on any atom is 0.327 e. The van der Waals surface area contributed by atoms with Crippen LogP contribution < -0.4 is 20.3 Å². The average molecular weight is 570 g/mol. The van der Waals surface area contributed by atoms with Crippen molar-refractivity contribution in [1.29, 1.82) is 0 Å². The van der Waals surface area contributed by atoms with Gasteiger partial charge in [0.25, 0.3) is 0 Å². The normalized spacial score (nSPS) is 23.0. The quantitative estimate of drug-likeness (QED) is 0.429. The number of nitrogens with zero attached hydrogens (tertiary/aromatic N) is 3. The van der Waals surface area contributed by atoms with Crippen LogP contribution in [-0.4, -0.2) is 52.1 Å². The minimum Gasteiger partial charge on any atom is -0.457 e. The molecule has 4 amide bonds. The van der Waals surface area contributed by atoms with E-state index in [1.54, 1.807) is 11.1 Å². The summed E-state index contributed by atoms with van der Waals surface area (Å²) >= 11 is 1.38. The van der Waals surface area contributed by atoms with Crippen LogP contribution in [0.15, 0.2) is 65.8 Å². The SMILES string of the molecule is Cc1cc(Oc2ccccc2)ccc1N1C(=O)NC2c3c1ccnc3S[C@H]2C(=O)NC1CCCN(C(=O)C2CC2)C1. The molecule has 41 heavy (non-hydrogen) atoms. The van der Waals surface area contributed by atoms with Crippen LogP contribution in [0, 0.1) is 12.8 Å². The van der Waals surface area contributed by atoms with Gasteiger partial charge in [0.05, 0.1) is 17.4 Å². The number of urea groups is 1. The van der Waals surface area contributed by atoms with E-state index in [-0.39, 0.29) is 29.8 Å². The summed E-state index contributed by atoms with van der Waals surface area (Å²) in [5, 5.41) is 6.48. The minimum atomic E-state index is -0.540. The molecule has 210 valence electrons. The lowest BCUT2D eigenvalue weighted by Gasteiger charge is -2.36. The molecule has 2 aromatic carbocycles. The Morgan fingerprint density at radius 3 is 2.66 bits per heavy atom. The van der Waals surface area contributed by atoms with E-state index in [1.165, 1.54) is 11.8 Å². The Bertz CT molecular complexity index is 1530. The van der Waals surface area contributed by atoms with Gasteiger partial charge in [0.2, 0.25) is 11.8 Å². The second-order valence-corrected chi connectivity index (χ2v) is 12.2. The molecule has 1 aliphatic carbocycles. The van der Waals surface area contributed by atoms with Crippen molar-refractivity contribution in [3.05, 3.63) is 71.9 Å². The number of hydrogen-bond donors (Lipinski definition) is 2. The number of thioether (sulfide) groups is 1. The Morgan fingerprint density at radius 2 is 1.88 bits per heavy atom. The number of ether oxygens (including phenoxy) is 1. The van der Waals surface area contributed by atoms with Crippen molar-refractivity contribution >= 4 is 41.0 Å². The van der Waals surface area contributed by atoms with Crippen molar-refractivity contribution in [2.24, 2.45) is 5.92 Å². The van der Waals surface area contributed by atoms with Gasteiger partial charge in [0.1, 0.15) is 21.8 Å². The molecule has 2 fully saturated rings. The van der Waals surface area contributed by atoms with E-state index >= 15 is 0 Å². The number of hydrogen-bond acceptors (Lipinski definition) is 6. The number of amides is 4. The molecular weight excluding hydrogens is 538 g/mol. The fraction of sp³-hybridized carbons (Fsp3) is 0.355. The third-order valence-corrected chi connectivity index (χ3v) is 9.45. The van der Waals surface area contributed by atoms with Crippen LogP contribution in [0.25, 0.3) is 0 Å². The third kappa shape index (κ3) is 4.90. The third-order valence-electron chi connectivity index (χ3n) is 8.16. The Balaban J connectivity index is 1.10. The van der Waals surface area contributed by atoms with Gasteiger partial charge >= 0.3 is 6.03 Å². The predicted octanol–water partition coefficient (Wildman–Crippen LogP) is 5.08. The maximum absolute atomic E-state index is 13.6. The zero-order chi connectivity index (χ0) is 28.1. The highest BCUT2D eigenvalue weighted by Gasteiger charge is 2.47. The number of carbonyl (C=O) groups is 3. The van der Waals surface area contributed by atoms with E-state index in [4.69, 9.17) is 4.74 Å². The molecule has 1 saturated carbocycles. The second-order valence-electron chi connectivity index (χ2n) is 11.1. The molecule has 2 N–H and O–H groups in total. The van der Waals surface area contributed by atoms with Crippen LogP contribution in [0.3, 0.4) is 0 Å². The standard InChI is InChI=1S/C31H31N5O4S/c1-18-16-22(40-21-7-3-2-4-8-21)11-12-23(18)36-24-13-14-32-29-25(24)26(34-31(36)39)27(41-29)28(37)33-20-6-5-15-35(17-20)30(38)19-9-10-19/h2-4,7-8,11-14,16,19-20,26-27H,5-6,9-10,15,17H2,1H3,(H,33,37)(H,34,39)/t20?,26?,27-/m1/s1. The van der Waals surface area contributed by atoms with Gasteiger partial charge in [0.15, 0.2) is 0 Å². The van der Waals surface area contributed by atoms with Gasteiger partial charge in [-0.3, -0.25) is 14.5 Å². The first-order valence-corrected chi connectivity index (χ1v) is 15.0. The highest BCUT2D eigenvalue weighted by Crippen LogP contribution is 2.51. The van der Waals surface area contributed by atoms with Crippen LogP contribution >= 0.6 is 11.8 Å². The van der Waals surface area contributed by atoms with Gasteiger partial charge in [-0.1, -0.05) is 30.0 Å². The van der Waals surface area contributed by atoms with Gasteiger partial charge in [-0.15, -0.1) is 0 Å². The predicted molar refractivity (Wildman–Crippen MR) is 155 cm³/mol. The summed E-state index contributed by atoms with van der Waals surface area (Å²) in [6, 6.07) is 16.2. The summed E-state index contributed by atoms with van der Waals surface area (Å²) in [5.74, 6) is 1.67. The number of likely N-dealkylation sites (tertiary alicyclic amines) is 1. The van der Waals surface area contributed by atoms with Crippen LogP contribution in [0.4, 0.5) is 16.2 Å². The number of piperidine rings is 1. The summed E-state index contributed by atoms with van der Waals surface area (Å²) in [6.07, 6.45) is 5.35. The zero-order valence-electron chi connectivity index (χ0n) is 22.7. The number of para-hydroxylation sites is 1. The molecule has 2 unspecified atom stereocenters. The molecule has 1 aromatic heterocycles. The molecule has 10 heteroatoms. The molecule has 0 radical (unpaired) electrons. The molecule has 1 saturated heterocycles. The van der Waals surface area contributed by atoms with Crippen LogP contribution in [-0.2, 0) is 9.59 Å². The molecule has 3 aromatic rings. The lowest BCUT2D eigenvalue weighted by Crippen LogP contribution is -2.54. The Kier molecular flexibility index (Phi) is 6.57. The van der Waals surface area contributed by atoms with Crippen LogP contribution in [0.1, 0.15) is 42.9 Å². The molecule has 9 nitrogen and oxygen atoms in total. The Morgan fingerprint density at radius 1 is 1.05 bits per heavy atom. The molecule has 7 rings (SSSR count). The Hall–Kier alpha value is -4.05. The van der Waals surface area contributed by atoms with Crippen LogP contribution in [0.5, 0.6) is 11.5 Å². The van der Waals surface area contributed by atoms with E-state index in [2.05, 4.69) is 15.6 Å². The minimum absolute atomic E-state index is 0.0919. The zero-order valence-corrected chi connectivity index (χ0v) is 23.5. The summed E-state index contributed by atoms with van der Waals surface area (Å²) in [6.45, 7) is 3.25. The van der Waals surface area contributed by atoms with Crippen LogP contribution in [0.2, 0.25) is 0 Å². The van der Waals surface area contributed by atoms with Gasteiger partial charge in [-0.05, 0) is 74.6 Å².